The summed E-state index contributed by atoms with van der Waals surface area (Å²) in [5.41, 5.74) is 1.22. The molecule has 9 heteroatoms. The fraction of sp³-hybridized carbons (Fsp3) is 0.480. The molecule has 34 heavy (non-hydrogen) atoms. The molecule has 3 fully saturated rings. The molecule has 3 aliphatic rings. The molecular weight excluding hydrogens is 454 g/mol. The van der Waals surface area contributed by atoms with Gasteiger partial charge in [0.05, 0.1) is 23.1 Å². The van der Waals surface area contributed by atoms with E-state index in [2.05, 4.69) is 10.0 Å². The molecule has 1 atom stereocenters. The van der Waals surface area contributed by atoms with Crippen LogP contribution in [0.4, 0.5) is 0 Å². The van der Waals surface area contributed by atoms with Crippen LogP contribution in [0.2, 0.25) is 0 Å². The molecule has 2 aromatic rings. The molecule has 5 rings (SSSR count). The van der Waals surface area contributed by atoms with Crippen molar-refractivity contribution >= 4 is 15.9 Å². The van der Waals surface area contributed by atoms with E-state index in [1.165, 1.54) is 0 Å². The topological polar surface area (TPSA) is 108 Å². The minimum atomic E-state index is -3.74. The second-order valence-electron chi connectivity index (χ2n) is 9.58. The quantitative estimate of drug-likeness (QED) is 0.531. The molecule has 0 bridgehead atoms. The van der Waals surface area contributed by atoms with Gasteiger partial charge in [-0.3, -0.25) is 4.79 Å². The van der Waals surface area contributed by atoms with Gasteiger partial charge in [0.1, 0.15) is 5.75 Å². The molecule has 3 N–H and O–H groups in total. The van der Waals surface area contributed by atoms with Crippen molar-refractivity contribution in [3.05, 3.63) is 59.7 Å². The predicted molar refractivity (Wildman–Crippen MR) is 126 cm³/mol. The highest BCUT2D eigenvalue weighted by Gasteiger charge is 2.42. The summed E-state index contributed by atoms with van der Waals surface area (Å²) < 4.78 is 35.6. The van der Waals surface area contributed by atoms with Gasteiger partial charge in [0.25, 0.3) is 0 Å². The maximum absolute atomic E-state index is 13.3. The van der Waals surface area contributed by atoms with Crippen LogP contribution >= 0.6 is 0 Å². The van der Waals surface area contributed by atoms with Gasteiger partial charge >= 0.3 is 0 Å². The van der Waals surface area contributed by atoms with Crippen molar-refractivity contribution in [2.45, 2.75) is 74.4 Å². The summed E-state index contributed by atoms with van der Waals surface area (Å²) >= 11 is 0. The summed E-state index contributed by atoms with van der Waals surface area (Å²) in [5, 5.41) is 12.4. The zero-order chi connectivity index (χ0) is 23.8. The normalized spacial score (nSPS) is 23.0. The van der Waals surface area contributed by atoms with E-state index in [4.69, 9.17) is 4.74 Å². The third kappa shape index (κ3) is 4.84. The van der Waals surface area contributed by atoms with Crippen LogP contribution in [0, 0.1) is 0 Å². The SMILES string of the molecule is O=C1CN(Cc2ccc(C3(NS(=O)(=O)c4cccc(OC5CCCC5)c4)CCC3)cc2)C(O)N1. The van der Waals surface area contributed by atoms with Crippen molar-refractivity contribution in [3.63, 3.8) is 0 Å². The summed E-state index contributed by atoms with van der Waals surface area (Å²) in [6, 6.07) is 14.5. The number of amides is 1. The van der Waals surface area contributed by atoms with Crippen LogP contribution in [0.5, 0.6) is 5.75 Å². The molecule has 1 amide bonds. The van der Waals surface area contributed by atoms with Crippen LogP contribution in [0.25, 0.3) is 0 Å². The largest absolute Gasteiger partial charge is 0.490 e. The average molecular weight is 486 g/mol. The van der Waals surface area contributed by atoms with Gasteiger partial charge in [0.2, 0.25) is 15.9 Å². The van der Waals surface area contributed by atoms with Crippen molar-refractivity contribution in [1.29, 1.82) is 0 Å². The minimum absolute atomic E-state index is 0.149. The van der Waals surface area contributed by atoms with Crippen LogP contribution in [0.15, 0.2) is 53.4 Å². The average Bonchev–Trinajstić information content (AvgIpc) is 3.40. The van der Waals surface area contributed by atoms with Gasteiger partial charge in [-0.2, -0.15) is 0 Å². The molecule has 2 aliphatic carbocycles. The lowest BCUT2D eigenvalue weighted by Gasteiger charge is -2.42. The first-order chi connectivity index (χ1) is 16.3. The Balaban J connectivity index is 1.30. The van der Waals surface area contributed by atoms with Gasteiger partial charge in [0.15, 0.2) is 6.35 Å². The number of benzene rings is 2. The highest BCUT2D eigenvalue weighted by molar-refractivity contribution is 7.89. The Morgan fingerprint density at radius 3 is 2.44 bits per heavy atom. The molecule has 2 aromatic carbocycles. The molecule has 0 spiro atoms. The van der Waals surface area contributed by atoms with Gasteiger partial charge < -0.3 is 15.2 Å². The van der Waals surface area contributed by atoms with E-state index in [1.807, 2.05) is 30.3 Å². The minimum Gasteiger partial charge on any atom is -0.490 e. The summed E-state index contributed by atoms with van der Waals surface area (Å²) in [6.07, 6.45) is 5.92. The first-order valence-electron chi connectivity index (χ1n) is 11.9. The number of carbonyl (C=O) groups is 1. The standard InChI is InChI=1S/C25H31N3O5S/c29-23-17-28(24(30)26-23)16-18-9-11-19(12-10-18)25(13-4-14-25)27-34(31,32)22-8-3-7-21(15-22)33-20-5-1-2-6-20/h3,7-12,15,20,24,27,30H,1-2,4-6,13-14,16-17H2,(H,26,29). The van der Waals surface area contributed by atoms with E-state index in [9.17, 15) is 18.3 Å². The Kier molecular flexibility index (Phi) is 6.37. The number of sulfonamides is 1. The number of ether oxygens (including phenoxy) is 1. The van der Waals surface area contributed by atoms with Crippen molar-refractivity contribution in [2.24, 2.45) is 0 Å². The molecule has 0 radical (unpaired) electrons. The summed E-state index contributed by atoms with van der Waals surface area (Å²) in [4.78, 5) is 13.3. The van der Waals surface area contributed by atoms with E-state index in [0.29, 0.717) is 12.3 Å². The van der Waals surface area contributed by atoms with E-state index in [-0.39, 0.29) is 23.5 Å². The number of aliphatic hydroxyl groups is 1. The number of nitrogens with one attached hydrogen (secondary N) is 2. The molecule has 1 heterocycles. The zero-order valence-electron chi connectivity index (χ0n) is 19.1. The monoisotopic (exact) mass is 485 g/mol. The van der Waals surface area contributed by atoms with E-state index in [1.54, 1.807) is 23.1 Å². The second kappa shape index (κ2) is 9.30. The van der Waals surface area contributed by atoms with E-state index < -0.39 is 21.9 Å². The Bertz CT molecular complexity index is 1140. The van der Waals surface area contributed by atoms with E-state index >= 15 is 0 Å². The van der Waals surface area contributed by atoms with Crippen LogP contribution in [-0.4, -0.2) is 43.3 Å². The fourth-order valence-electron chi connectivity index (χ4n) is 5.07. The molecule has 1 unspecified atom stereocenters. The molecule has 1 saturated heterocycles. The lowest BCUT2D eigenvalue weighted by Crippen LogP contribution is -2.50. The van der Waals surface area contributed by atoms with Crippen LogP contribution in [0.3, 0.4) is 0 Å². The number of hydrogen-bond acceptors (Lipinski definition) is 6. The highest BCUT2D eigenvalue weighted by Crippen LogP contribution is 2.42. The van der Waals surface area contributed by atoms with Crippen molar-refractivity contribution in [2.75, 3.05) is 6.54 Å². The summed E-state index contributed by atoms with van der Waals surface area (Å²) in [7, 11) is -3.74. The Labute approximate surface area is 200 Å². The van der Waals surface area contributed by atoms with Gasteiger partial charge in [-0.25, -0.2) is 18.0 Å². The van der Waals surface area contributed by atoms with Crippen molar-refractivity contribution in [1.82, 2.24) is 14.9 Å². The summed E-state index contributed by atoms with van der Waals surface area (Å²) in [6.45, 7) is 0.572. The van der Waals surface area contributed by atoms with Gasteiger partial charge in [-0.1, -0.05) is 30.3 Å². The Hall–Kier alpha value is -2.46. The van der Waals surface area contributed by atoms with Gasteiger partial charge in [0, 0.05) is 12.6 Å². The van der Waals surface area contributed by atoms with Crippen LogP contribution in [-0.2, 0) is 26.9 Å². The Morgan fingerprint density at radius 1 is 1.09 bits per heavy atom. The van der Waals surface area contributed by atoms with Crippen molar-refractivity contribution < 1.29 is 23.1 Å². The molecular formula is C25H31N3O5S. The number of aliphatic hydroxyl groups excluding tert-OH is 1. The highest BCUT2D eigenvalue weighted by atomic mass is 32.2. The molecule has 2 saturated carbocycles. The zero-order valence-corrected chi connectivity index (χ0v) is 19.9. The lowest BCUT2D eigenvalue weighted by atomic mass is 9.72. The number of rotatable bonds is 8. The number of nitrogens with zero attached hydrogens (tertiary/aromatic N) is 1. The summed E-state index contributed by atoms with van der Waals surface area (Å²) in [5.74, 6) is 0.392. The fourth-order valence-corrected chi connectivity index (χ4v) is 6.55. The number of hydrogen-bond donors (Lipinski definition) is 3. The Morgan fingerprint density at radius 2 is 1.82 bits per heavy atom. The first-order valence-corrected chi connectivity index (χ1v) is 13.4. The van der Waals surface area contributed by atoms with Crippen molar-refractivity contribution in [3.8, 4) is 5.75 Å². The van der Waals surface area contributed by atoms with Gasteiger partial charge in [-0.15, -0.1) is 0 Å². The lowest BCUT2D eigenvalue weighted by molar-refractivity contribution is -0.119. The van der Waals surface area contributed by atoms with Crippen LogP contribution in [0.1, 0.15) is 56.1 Å². The predicted octanol–water partition coefficient (Wildman–Crippen LogP) is 2.57. The second-order valence-corrected chi connectivity index (χ2v) is 11.3. The van der Waals surface area contributed by atoms with E-state index in [0.717, 1.165) is 56.1 Å². The van der Waals surface area contributed by atoms with Gasteiger partial charge in [-0.05, 0) is 68.2 Å². The number of carbonyl (C=O) groups excluding carboxylic acids is 1. The first kappa shape index (κ1) is 23.3. The smallest absolute Gasteiger partial charge is 0.241 e. The third-order valence-corrected chi connectivity index (χ3v) is 8.67. The molecule has 182 valence electrons. The molecule has 1 aliphatic heterocycles. The third-order valence-electron chi connectivity index (χ3n) is 7.13. The van der Waals surface area contributed by atoms with Crippen LogP contribution < -0.4 is 14.8 Å². The molecule has 0 aromatic heterocycles. The maximum atomic E-state index is 13.3. The molecule has 8 nitrogen and oxygen atoms in total. The maximum Gasteiger partial charge on any atom is 0.241 e.